The Morgan fingerprint density at radius 3 is 1.88 bits per heavy atom. The fourth-order valence-corrected chi connectivity index (χ4v) is 1.01. The van der Waals surface area contributed by atoms with Crippen LogP contribution in [0.3, 0.4) is 0 Å². The van der Waals surface area contributed by atoms with Crippen molar-refractivity contribution in [2.75, 3.05) is 7.05 Å². The van der Waals surface area contributed by atoms with E-state index in [2.05, 4.69) is 26.1 Å². The molecule has 0 spiro atoms. The summed E-state index contributed by atoms with van der Waals surface area (Å²) in [6, 6.07) is 0.704. The van der Waals surface area contributed by atoms with Gasteiger partial charge in [0, 0.05) is 6.04 Å². The third-order valence-electron chi connectivity index (χ3n) is 1.62. The highest BCUT2D eigenvalue weighted by atomic mass is 14.9. The van der Waals surface area contributed by atoms with Gasteiger partial charge in [0.25, 0.3) is 0 Å². The lowest BCUT2D eigenvalue weighted by molar-refractivity contribution is 0.416. The molecule has 0 aromatic carbocycles. The van der Waals surface area contributed by atoms with Crippen LogP contribution >= 0.6 is 0 Å². The number of hydrogen-bond acceptors (Lipinski definition) is 1. The van der Waals surface area contributed by atoms with Crippen LogP contribution in [0.5, 0.6) is 0 Å². The van der Waals surface area contributed by atoms with Crippen LogP contribution < -0.4 is 5.32 Å². The largest absolute Gasteiger partial charge is 0.317 e. The molecule has 0 aromatic rings. The summed E-state index contributed by atoms with van der Waals surface area (Å²) in [6.07, 6.45) is 1.23. The maximum atomic E-state index is 3.25. The maximum absolute atomic E-state index is 3.25. The minimum atomic E-state index is 0.704. The van der Waals surface area contributed by atoms with Crippen LogP contribution in [0, 0.1) is 5.92 Å². The molecule has 0 aliphatic rings. The molecule has 0 saturated carbocycles. The minimum absolute atomic E-state index is 0.704. The van der Waals surface area contributed by atoms with Gasteiger partial charge in [-0.25, -0.2) is 0 Å². The summed E-state index contributed by atoms with van der Waals surface area (Å²) in [6.45, 7) is 6.69. The van der Waals surface area contributed by atoms with Gasteiger partial charge < -0.3 is 5.32 Å². The van der Waals surface area contributed by atoms with Crippen molar-refractivity contribution in [1.82, 2.24) is 5.32 Å². The molecule has 1 unspecified atom stereocenters. The molecule has 0 fully saturated rings. The van der Waals surface area contributed by atoms with Gasteiger partial charge in [-0.3, -0.25) is 0 Å². The molecule has 0 heterocycles. The summed E-state index contributed by atoms with van der Waals surface area (Å²) < 4.78 is 0. The van der Waals surface area contributed by atoms with Crippen LogP contribution in [0.25, 0.3) is 0 Å². The van der Waals surface area contributed by atoms with E-state index in [1.54, 1.807) is 0 Å². The van der Waals surface area contributed by atoms with Crippen molar-refractivity contribution in [3.63, 3.8) is 0 Å². The third kappa shape index (κ3) is 2.31. The molecule has 1 atom stereocenters. The first-order chi connectivity index (χ1) is 3.72. The van der Waals surface area contributed by atoms with Crippen molar-refractivity contribution in [2.45, 2.75) is 33.2 Å². The highest BCUT2D eigenvalue weighted by molar-refractivity contribution is 4.64. The zero-order chi connectivity index (χ0) is 6.57. The van der Waals surface area contributed by atoms with Crippen LogP contribution in [-0.2, 0) is 0 Å². The Morgan fingerprint density at radius 2 is 1.88 bits per heavy atom. The Balaban J connectivity index is 3.35. The molecule has 1 heteroatoms. The maximum Gasteiger partial charge on any atom is 0.00844 e. The summed E-state index contributed by atoms with van der Waals surface area (Å²) in [7, 11) is 2.02. The van der Waals surface area contributed by atoms with E-state index in [9.17, 15) is 0 Å². The molecule has 1 nitrogen and oxygen atoms in total. The lowest BCUT2D eigenvalue weighted by Gasteiger charge is -2.16. The Kier molecular flexibility index (Phi) is 3.88. The van der Waals surface area contributed by atoms with Crippen molar-refractivity contribution in [3.8, 4) is 0 Å². The zero-order valence-corrected chi connectivity index (χ0v) is 6.36. The van der Waals surface area contributed by atoms with Crippen molar-refractivity contribution < 1.29 is 0 Å². The lowest BCUT2D eigenvalue weighted by atomic mass is 10.0. The van der Waals surface area contributed by atoms with Crippen LogP contribution in [0.15, 0.2) is 0 Å². The SMILES string of the molecule is CCC(NC)C(C)C. The van der Waals surface area contributed by atoms with Crippen LogP contribution in [0.1, 0.15) is 27.2 Å². The van der Waals surface area contributed by atoms with Gasteiger partial charge in [-0.2, -0.15) is 0 Å². The van der Waals surface area contributed by atoms with Crippen LogP contribution in [0.2, 0.25) is 0 Å². The molecular formula is C7H17N. The van der Waals surface area contributed by atoms with E-state index in [0.717, 1.165) is 5.92 Å². The smallest absolute Gasteiger partial charge is 0.00844 e. The summed E-state index contributed by atoms with van der Waals surface area (Å²) in [4.78, 5) is 0. The molecule has 0 aromatic heterocycles. The van der Waals surface area contributed by atoms with Crippen LogP contribution in [0.4, 0.5) is 0 Å². The Hall–Kier alpha value is -0.0400. The standard InChI is InChI=1S/C7H17N/c1-5-7(8-4)6(2)3/h6-8H,5H2,1-4H3. The van der Waals surface area contributed by atoms with E-state index in [4.69, 9.17) is 0 Å². The van der Waals surface area contributed by atoms with Gasteiger partial charge in [-0.1, -0.05) is 20.8 Å². The average Bonchev–Trinajstić information content (AvgIpc) is 1.69. The van der Waals surface area contributed by atoms with E-state index < -0.39 is 0 Å². The Morgan fingerprint density at radius 1 is 1.38 bits per heavy atom. The van der Waals surface area contributed by atoms with E-state index in [1.807, 2.05) is 7.05 Å². The second-order valence-corrected chi connectivity index (χ2v) is 2.55. The summed E-state index contributed by atoms with van der Waals surface area (Å²) in [5.41, 5.74) is 0. The van der Waals surface area contributed by atoms with Gasteiger partial charge in [-0.15, -0.1) is 0 Å². The predicted octanol–water partition coefficient (Wildman–Crippen LogP) is 1.64. The molecule has 1 N–H and O–H groups in total. The molecule has 50 valence electrons. The topological polar surface area (TPSA) is 12.0 Å². The van der Waals surface area contributed by atoms with Gasteiger partial charge >= 0.3 is 0 Å². The highest BCUT2D eigenvalue weighted by Crippen LogP contribution is 2.03. The summed E-state index contributed by atoms with van der Waals surface area (Å²) >= 11 is 0. The van der Waals surface area contributed by atoms with Gasteiger partial charge in [0.05, 0.1) is 0 Å². The fraction of sp³-hybridized carbons (Fsp3) is 1.00. The lowest BCUT2D eigenvalue weighted by Crippen LogP contribution is -2.29. The molecule has 0 radical (unpaired) electrons. The second kappa shape index (κ2) is 3.90. The molecule has 8 heavy (non-hydrogen) atoms. The number of nitrogens with one attached hydrogen (secondary N) is 1. The van der Waals surface area contributed by atoms with E-state index >= 15 is 0 Å². The summed E-state index contributed by atoms with van der Waals surface area (Å²) in [5.74, 6) is 0.769. The molecular weight excluding hydrogens is 98.1 g/mol. The van der Waals surface area contributed by atoms with Gasteiger partial charge in [0.1, 0.15) is 0 Å². The summed E-state index contributed by atoms with van der Waals surface area (Å²) in [5, 5.41) is 3.25. The fourth-order valence-electron chi connectivity index (χ4n) is 1.01. The van der Waals surface area contributed by atoms with E-state index in [0.29, 0.717) is 6.04 Å². The first-order valence-corrected chi connectivity index (χ1v) is 3.39. The molecule has 0 aliphatic heterocycles. The van der Waals surface area contributed by atoms with Crippen molar-refractivity contribution in [2.24, 2.45) is 5.92 Å². The number of hydrogen-bond donors (Lipinski definition) is 1. The highest BCUT2D eigenvalue weighted by Gasteiger charge is 2.05. The second-order valence-electron chi connectivity index (χ2n) is 2.55. The first kappa shape index (κ1) is 7.96. The van der Waals surface area contributed by atoms with Gasteiger partial charge in [0.2, 0.25) is 0 Å². The van der Waals surface area contributed by atoms with E-state index in [-0.39, 0.29) is 0 Å². The molecule has 0 bridgehead atoms. The Labute approximate surface area is 52.5 Å². The normalized spacial score (nSPS) is 14.6. The van der Waals surface area contributed by atoms with Crippen LogP contribution in [-0.4, -0.2) is 13.1 Å². The van der Waals surface area contributed by atoms with Crippen molar-refractivity contribution in [1.29, 1.82) is 0 Å². The molecule has 0 amide bonds. The van der Waals surface area contributed by atoms with Gasteiger partial charge in [-0.05, 0) is 19.4 Å². The quantitative estimate of drug-likeness (QED) is 0.589. The average molecular weight is 115 g/mol. The van der Waals surface area contributed by atoms with Crippen molar-refractivity contribution in [3.05, 3.63) is 0 Å². The Bertz CT molecular complexity index is 46.3. The van der Waals surface area contributed by atoms with Gasteiger partial charge in [0.15, 0.2) is 0 Å². The monoisotopic (exact) mass is 115 g/mol. The molecule has 0 rings (SSSR count). The van der Waals surface area contributed by atoms with Crippen molar-refractivity contribution >= 4 is 0 Å². The third-order valence-corrected chi connectivity index (χ3v) is 1.62. The molecule has 0 saturated heterocycles. The molecule has 0 aliphatic carbocycles. The zero-order valence-electron chi connectivity index (χ0n) is 6.36. The minimum Gasteiger partial charge on any atom is -0.317 e. The number of rotatable bonds is 3. The first-order valence-electron chi connectivity index (χ1n) is 3.39. The van der Waals surface area contributed by atoms with E-state index in [1.165, 1.54) is 6.42 Å². The predicted molar refractivity (Wildman–Crippen MR) is 38.0 cm³/mol.